The number of benzene rings is 1. The molecular weight excluding hydrogens is 242 g/mol. The molecule has 0 aliphatic carbocycles. The smallest absolute Gasteiger partial charge is 0.255 e. The molecule has 1 atom stereocenters. The maximum atomic E-state index is 11.8. The summed E-state index contributed by atoms with van der Waals surface area (Å²) < 4.78 is 9.98. The molecule has 0 heterocycles. The highest BCUT2D eigenvalue weighted by Crippen LogP contribution is 2.16. The molecule has 0 bridgehead atoms. The van der Waals surface area contributed by atoms with Gasteiger partial charge in [-0.25, -0.2) is 0 Å². The zero-order valence-electron chi connectivity index (χ0n) is 9.90. The fourth-order valence-electron chi connectivity index (χ4n) is 1.37. The van der Waals surface area contributed by atoms with Crippen molar-refractivity contribution in [2.24, 2.45) is 0 Å². The van der Waals surface area contributed by atoms with E-state index in [2.05, 4.69) is 5.32 Å². The number of carbonyl (C=O) groups excluding carboxylic acids is 1. The molecule has 0 spiro atoms. The number of hydrogen-bond donors (Lipinski definition) is 1. The molecule has 17 heavy (non-hydrogen) atoms. The average Bonchev–Trinajstić information content (AvgIpc) is 2.36. The van der Waals surface area contributed by atoms with E-state index in [1.165, 1.54) is 7.11 Å². The second kappa shape index (κ2) is 7.14. The van der Waals surface area contributed by atoms with Crippen LogP contribution in [0.4, 0.5) is 0 Å². The summed E-state index contributed by atoms with van der Waals surface area (Å²) >= 11 is 5.92. The van der Waals surface area contributed by atoms with E-state index in [1.807, 2.05) is 6.07 Å². The number of hydrogen-bond acceptors (Lipinski definition) is 3. The molecular formula is C12H16ClNO3. The summed E-state index contributed by atoms with van der Waals surface area (Å²) in [5.41, 5.74) is 0.497. The molecule has 0 radical (unpaired) electrons. The van der Waals surface area contributed by atoms with Gasteiger partial charge in [0.05, 0.1) is 24.7 Å². The Bertz CT molecular complexity index is 371. The number of nitrogens with one attached hydrogen (secondary N) is 1. The molecule has 1 aromatic rings. The monoisotopic (exact) mass is 257 g/mol. The van der Waals surface area contributed by atoms with Gasteiger partial charge in [-0.2, -0.15) is 0 Å². The van der Waals surface area contributed by atoms with Crippen LogP contribution in [0.3, 0.4) is 0 Å². The molecule has 1 unspecified atom stereocenters. The van der Waals surface area contributed by atoms with E-state index in [1.54, 1.807) is 25.3 Å². The van der Waals surface area contributed by atoms with Gasteiger partial charge < -0.3 is 14.8 Å². The third kappa shape index (κ3) is 4.24. The Labute approximate surface area is 106 Å². The zero-order chi connectivity index (χ0) is 12.7. The van der Waals surface area contributed by atoms with Crippen LogP contribution < -0.4 is 10.1 Å². The minimum atomic E-state index is -0.237. The van der Waals surface area contributed by atoms with Gasteiger partial charge in [-0.1, -0.05) is 12.1 Å². The van der Waals surface area contributed by atoms with Gasteiger partial charge in [0.25, 0.3) is 5.91 Å². The van der Waals surface area contributed by atoms with E-state index in [0.29, 0.717) is 24.5 Å². The van der Waals surface area contributed by atoms with Crippen LogP contribution in [-0.4, -0.2) is 38.7 Å². The Hall–Kier alpha value is -1.26. The number of para-hydroxylation sites is 1. The number of carbonyl (C=O) groups is 1. The second-order valence-corrected chi connectivity index (χ2v) is 4.08. The highest BCUT2D eigenvalue weighted by molar-refractivity contribution is 6.21. The summed E-state index contributed by atoms with van der Waals surface area (Å²) in [7, 11) is 3.10. The van der Waals surface area contributed by atoms with Crippen LogP contribution in [0.15, 0.2) is 24.3 Å². The summed E-state index contributed by atoms with van der Waals surface area (Å²) in [6.07, 6.45) is 0. The lowest BCUT2D eigenvalue weighted by atomic mass is 10.2. The number of ether oxygens (including phenoxy) is 2. The second-order valence-electron chi connectivity index (χ2n) is 3.46. The van der Waals surface area contributed by atoms with E-state index in [0.717, 1.165) is 0 Å². The number of halogens is 1. The lowest BCUT2D eigenvalue weighted by Crippen LogP contribution is -2.31. The summed E-state index contributed by atoms with van der Waals surface area (Å²) in [4.78, 5) is 11.8. The first-order chi connectivity index (χ1) is 8.19. The molecule has 0 fully saturated rings. The van der Waals surface area contributed by atoms with Gasteiger partial charge in [-0.05, 0) is 12.1 Å². The fourth-order valence-corrected chi connectivity index (χ4v) is 1.57. The molecule has 0 aromatic heterocycles. The fraction of sp³-hybridized carbons (Fsp3) is 0.417. The van der Waals surface area contributed by atoms with Gasteiger partial charge in [-0.3, -0.25) is 4.79 Å². The first-order valence-electron chi connectivity index (χ1n) is 5.23. The van der Waals surface area contributed by atoms with Crippen molar-refractivity contribution in [2.45, 2.75) is 5.38 Å². The summed E-state index contributed by atoms with van der Waals surface area (Å²) in [6.45, 7) is 0.750. The van der Waals surface area contributed by atoms with E-state index >= 15 is 0 Å². The molecule has 0 saturated heterocycles. The van der Waals surface area contributed by atoms with E-state index in [9.17, 15) is 4.79 Å². The third-order valence-electron chi connectivity index (χ3n) is 2.18. The maximum absolute atomic E-state index is 11.8. The zero-order valence-corrected chi connectivity index (χ0v) is 10.7. The van der Waals surface area contributed by atoms with Gasteiger partial charge in [-0.15, -0.1) is 11.6 Å². The van der Waals surface area contributed by atoms with Gasteiger partial charge in [0, 0.05) is 13.7 Å². The molecule has 0 aliphatic heterocycles. The van der Waals surface area contributed by atoms with Crippen molar-refractivity contribution in [1.82, 2.24) is 5.32 Å². The molecule has 94 valence electrons. The van der Waals surface area contributed by atoms with Crippen molar-refractivity contribution in [3.05, 3.63) is 29.8 Å². The highest BCUT2D eigenvalue weighted by atomic mass is 35.5. The highest BCUT2D eigenvalue weighted by Gasteiger charge is 2.12. The minimum absolute atomic E-state index is 0.204. The van der Waals surface area contributed by atoms with E-state index in [-0.39, 0.29) is 11.3 Å². The molecule has 0 saturated carbocycles. The largest absolute Gasteiger partial charge is 0.496 e. The lowest BCUT2D eigenvalue weighted by molar-refractivity contribution is 0.0946. The predicted molar refractivity (Wildman–Crippen MR) is 66.8 cm³/mol. The van der Waals surface area contributed by atoms with E-state index in [4.69, 9.17) is 21.1 Å². The van der Waals surface area contributed by atoms with Gasteiger partial charge in [0.1, 0.15) is 5.75 Å². The number of amides is 1. The van der Waals surface area contributed by atoms with Crippen LogP contribution in [-0.2, 0) is 4.74 Å². The van der Waals surface area contributed by atoms with Crippen molar-refractivity contribution < 1.29 is 14.3 Å². The van der Waals surface area contributed by atoms with Gasteiger partial charge >= 0.3 is 0 Å². The average molecular weight is 258 g/mol. The van der Waals surface area contributed by atoms with Crippen molar-refractivity contribution in [1.29, 1.82) is 0 Å². The van der Waals surface area contributed by atoms with Gasteiger partial charge in [0.15, 0.2) is 0 Å². The molecule has 4 nitrogen and oxygen atoms in total. The molecule has 1 aromatic carbocycles. The van der Waals surface area contributed by atoms with Crippen LogP contribution in [0, 0.1) is 0 Å². The lowest BCUT2D eigenvalue weighted by Gasteiger charge is -2.11. The Morgan fingerprint density at radius 1 is 1.41 bits per heavy atom. The quantitative estimate of drug-likeness (QED) is 0.789. The van der Waals surface area contributed by atoms with Crippen LogP contribution >= 0.6 is 11.6 Å². The van der Waals surface area contributed by atoms with Crippen molar-refractivity contribution >= 4 is 17.5 Å². The summed E-state index contributed by atoms with van der Waals surface area (Å²) in [6, 6.07) is 7.03. The van der Waals surface area contributed by atoms with Crippen molar-refractivity contribution in [3.8, 4) is 5.75 Å². The SMILES string of the molecule is COCC(Cl)CNC(=O)c1ccccc1OC. The van der Waals surface area contributed by atoms with Crippen LogP contribution in [0.5, 0.6) is 5.75 Å². The molecule has 0 aliphatic rings. The summed E-state index contributed by atoms with van der Waals surface area (Å²) in [5.74, 6) is 0.340. The summed E-state index contributed by atoms with van der Waals surface area (Å²) in [5, 5.41) is 2.49. The number of alkyl halides is 1. The predicted octanol–water partition coefficient (Wildman–Crippen LogP) is 1.68. The molecule has 1 amide bonds. The molecule has 1 rings (SSSR count). The number of methoxy groups -OCH3 is 2. The Balaban J connectivity index is 2.58. The maximum Gasteiger partial charge on any atom is 0.255 e. The molecule has 1 N–H and O–H groups in total. The van der Waals surface area contributed by atoms with E-state index < -0.39 is 0 Å². The Morgan fingerprint density at radius 2 is 2.12 bits per heavy atom. The van der Waals surface area contributed by atoms with Crippen LogP contribution in [0.1, 0.15) is 10.4 Å². The number of rotatable bonds is 6. The normalized spacial score (nSPS) is 11.9. The standard InChI is InChI=1S/C12H16ClNO3/c1-16-8-9(13)7-14-12(15)10-5-3-4-6-11(10)17-2/h3-6,9H,7-8H2,1-2H3,(H,14,15). The molecule has 5 heteroatoms. The minimum Gasteiger partial charge on any atom is -0.496 e. The van der Waals surface area contributed by atoms with Crippen molar-refractivity contribution in [2.75, 3.05) is 27.4 Å². The Morgan fingerprint density at radius 3 is 2.76 bits per heavy atom. The first-order valence-corrected chi connectivity index (χ1v) is 5.67. The van der Waals surface area contributed by atoms with Crippen molar-refractivity contribution in [3.63, 3.8) is 0 Å². The van der Waals surface area contributed by atoms with Crippen LogP contribution in [0.25, 0.3) is 0 Å². The van der Waals surface area contributed by atoms with Gasteiger partial charge in [0.2, 0.25) is 0 Å². The van der Waals surface area contributed by atoms with Crippen LogP contribution in [0.2, 0.25) is 0 Å². The topological polar surface area (TPSA) is 47.6 Å². The Kier molecular flexibility index (Phi) is 5.80. The first kappa shape index (κ1) is 13.8. The third-order valence-corrected chi connectivity index (χ3v) is 2.46.